The molecule has 1 aromatic heterocycles. The maximum Gasteiger partial charge on any atom is 0.357 e. The maximum atomic E-state index is 12.5. The summed E-state index contributed by atoms with van der Waals surface area (Å²) in [5, 5.41) is 0. The fraction of sp³-hybridized carbons (Fsp3) is 0.429. The summed E-state index contributed by atoms with van der Waals surface area (Å²) in [5.74, 6) is -1.62. The van der Waals surface area contributed by atoms with E-state index >= 15 is 0 Å². The van der Waals surface area contributed by atoms with Gasteiger partial charge in [0.05, 0.1) is 36.7 Å². The summed E-state index contributed by atoms with van der Waals surface area (Å²) in [5.41, 5.74) is 3.23. The minimum absolute atomic E-state index is 0.0627. The molecule has 1 aliphatic rings. The lowest BCUT2D eigenvalue weighted by atomic mass is 10.0. The van der Waals surface area contributed by atoms with Crippen molar-refractivity contribution in [2.75, 3.05) is 19.8 Å². The minimum Gasteiger partial charge on any atom is -0.462 e. The highest BCUT2D eigenvalue weighted by Crippen LogP contribution is 2.30. The molecule has 8 nitrogen and oxygen atoms in total. The van der Waals surface area contributed by atoms with Crippen LogP contribution in [0.5, 0.6) is 0 Å². The summed E-state index contributed by atoms with van der Waals surface area (Å²) >= 11 is 0. The third-order valence-corrected chi connectivity index (χ3v) is 4.40. The second-order valence-electron chi connectivity index (χ2n) is 6.32. The molecule has 0 unspecified atom stereocenters. The molecule has 0 spiro atoms. The lowest BCUT2D eigenvalue weighted by molar-refractivity contribution is -0.138. The number of carbonyl (C=O) groups excluding carboxylic acids is 3. The SMILES string of the molecule is CCOC(=O)C1=N/C(=C/c2[nH]c(C)c(C(=O)OCC)c2C)C(C(=O)OCC)=C1C. The van der Waals surface area contributed by atoms with E-state index in [1.54, 1.807) is 47.6 Å². The van der Waals surface area contributed by atoms with Gasteiger partial charge in [0.2, 0.25) is 0 Å². The van der Waals surface area contributed by atoms with Crippen LogP contribution in [0.25, 0.3) is 6.08 Å². The molecular formula is C21H26N2O6. The van der Waals surface area contributed by atoms with Crippen molar-refractivity contribution >= 4 is 29.7 Å². The van der Waals surface area contributed by atoms with Gasteiger partial charge in [-0.05, 0) is 58.8 Å². The second-order valence-corrected chi connectivity index (χ2v) is 6.32. The summed E-state index contributed by atoms with van der Waals surface area (Å²) in [6.07, 6.45) is 1.62. The summed E-state index contributed by atoms with van der Waals surface area (Å²) in [6, 6.07) is 0. The molecule has 0 saturated carbocycles. The average molecular weight is 402 g/mol. The number of carbonyl (C=O) groups is 3. The Balaban J connectivity index is 2.57. The fourth-order valence-electron chi connectivity index (χ4n) is 3.10. The first-order valence-corrected chi connectivity index (χ1v) is 9.49. The predicted octanol–water partition coefficient (Wildman–Crippen LogP) is 3.05. The number of rotatable bonds is 7. The average Bonchev–Trinajstić information content (AvgIpc) is 3.12. The van der Waals surface area contributed by atoms with E-state index in [4.69, 9.17) is 14.2 Å². The summed E-state index contributed by atoms with van der Waals surface area (Å²) < 4.78 is 15.3. The largest absolute Gasteiger partial charge is 0.462 e. The van der Waals surface area contributed by atoms with Crippen LogP contribution in [0.3, 0.4) is 0 Å². The quantitative estimate of drug-likeness (QED) is 0.555. The van der Waals surface area contributed by atoms with E-state index in [1.165, 1.54) is 0 Å². The van der Waals surface area contributed by atoms with E-state index < -0.39 is 17.9 Å². The van der Waals surface area contributed by atoms with Gasteiger partial charge in [-0.25, -0.2) is 19.4 Å². The zero-order chi connectivity index (χ0) is 21.7. The van der Waals surface area contributed by atoms with Crippen LogP contribution in [-0.2, 0) is 23.8 Å². The molecule has 2 rings (SSSR count). The molecule has 0 fully saturated rings. The van der Waals surface area contributed by atoms with Gasteiger partial charge in [-0.3, -0.25) is 0 Å². The van der Waals surface area contributed by atoms with Gasteiger partial charge in [0.25, 0.3) is 0 Å². The van der Waals surface area contributed by atoms with Crippen LogP contribution in [0.15, 0.2) is 21.8 Å². The molecule has 29 heavy (non-hydrogen) atoms. The number of aryl methyl sites for hydroxylation is 1. The number of nitrogens with zero attached hydrogens (tertiary/aromatic N) is 1. The molecule has 0 aromatic carbocycles. The van der Waals surface area contributed by atoms with Gasteiger partial charge in [0.1, 0.15) is 0 Å². The van der Waals surface area contributed by atoms with E-state index in [0.717, 1.165) is 0 Å². The molecule has 1 aliphatic heterocycles. The number of ether oxygens (including phenoxy) is 3. The molecule has 2 heterocycles. The van der Waals surface area contributed by atoms with Gasteiger partial charge in [0.15, 0.2) is 5.71 Å². The first-order chi connectivity index (χ1) is 13.8. The highest BCUT2D eigenvalue weighted by atomic mass is 16.5. The van der Waals surface area contributed by atoms with Crippen LogP contribution in [0.4, 0.5) is 0 Å². The molecule has 156 valence electrons. The lowest BCUT2D eigenvalue weighted by Gasteiger charge is -2.06. The van der Waals surface area contributed by atoms with Crippen LogP contribution in [0.1, 0.15) is 55.0 Å². The van der Waals surface area contributed by atoms with Crippen LogP contribution >= 0.6 is 0 Å². The predicted molar refractivity (Wildman–Crippen MR) is 108 cm³/mol. The third kappa shape index (κ3) is 4.47. The van der Waals surface area contributed by atoms with Crippen molar-refractivity contribution in [3.63, 3.8) is 0 Å². The van der Waals surface area contributed by atoms with Crippen LogP contribution in [0, 0.1) is 13.8 Å². The maximum absolute atomic E-state index is 12.5. The Morgan fingerprint density at radius 1 is 0.897 bits per heavy atom. The number of aromatic amines is 1. The third-order valence-electron chi connectivity index (χ3n) is 4.40. The van der Waals surface area contributed by atoms with Crippen molar-refractivity contribution in [1.29, 1.82) is 0 Å². The first kappa shape index (κ1) is 22.1. The standard InChI is InChI=1S/C21H26N2O6/c1-7-27-19(24)16-11(4)14(22-13(16)6)10-15-17(20(25)28-8-2)12(5)18(23-15)21(26)29-9-3/h10,22H,7-9H2,1-6H3/b15-10+. The van der Waals surface area contributed by atoms with E-state index in [9.17, 15) is 14.4 Å². The number of hydrogen-bond donors (Lipinski definition) is 1. The summed E-state index contributed by atoms with van der Waals surface area (Å²) in [6.45, 7) is 10.9. The van der Waals surface area contributed by atoms with Crippen LogP contribution < -0.4 is 0 Å². The van der Waals surface area contributed by atoms with Gasteiger partial charge in [-0.15, -0.1) is 0 Å². The molecular weight excluding hydrogens is 376 g/mol. The Labute approximate surface area is 169 Å². The molecule has 8 heteroatoms. The number of aromatic nitrogens is 1. The molecule has 1 aromatic rings. The van der Waals surface area contributed by atoms with Crippen molar-refractivity contribution in [3.8, 4) is 0 Å². The Morgan fingerprint density at radius 3 is 2.03 bits per heavy atom. The van der Waals surface area contributed by atoms with E-state index in [-0.39, 0.29) is 36.8 Å². The molecule has 0 amide bonds. The van der Waals surface area contributed by atoms with Gasteiger partial charge in [-0.2, -0.15) is 0 Å². The lowest BCUT2D eigenvalue weighted by Crippen LogP contribution is -2.18. The van der Waals surface area contributed by atoms with E-state index in [2.05, 4.69) is 9.98 Å². The minimum atomic E-state index is -0.609. The number of H-pyrrole nitrogens is 1. The van der Waals surface area contributed by atoms with Gasteiger partial charge >= 0.3 is 17.9 Å². The molecule has 0 saturated heterocycles. The zero-order valence-electron chi connectivity index (χ0n) is 17.6. The van der Waals surface area contributed by atoms with Crippen LogP contribution in [0.2, 0.25) is 0 Å². The topological polar surface area (TPSA) is 107 Å². The number of hydrogen-bond acceptors (Lipinski definition) is 7. The van der Waals surface area contributed by atoms with E-state index in [1.807, 2.05) is 0 Å². The van der Waals surface area contributed by atoms with E-state index in [0.29, 0.717) is 28.1 Å². The highest BCUT2D eigenvalue weighted by Gasteiger charge is 2.32. The Morgan fingerprint density at radius 2 is 1.45 bits per heavy atom. The number of aliphatic imine (C=N–C) groups is 1. The molecule has 0 radical (unpaired) electrons. The first-order valence-electron chi connectivity index (χ1n) is 9.49. The van der Waals surface area contributed by atoms with Crippen molar-refractivity contribution < 1.29 is 28.6 Å². The van der Waals surface area contributed by atoms with Crippen molar-refractivity contribution in [2.45, 2.75) is 41.5 Å². The normalized spacial score (nSPS) is 14.8. The highest BCUT2D eigenvalue weighted by molar-refractivity contribution is 6.45. The van der Waals surface area contributed by atoms with Crippen LogP contribution in [-0.4, -0.2) is 48.4 Å². The molecule has 1 N–H and O–H groups in total. The Kier molecular flexibility index (Phi) is 7.14. The number of esters is 3. The zero-order valence-corrected chi connectivity index (χ0v) is 17.6. The second kappa shape index (κ2) is 9.36. The summed E-state index contributed by atoms with van der Waals surface area (Å²) in [4.78, 5) is 44.4. The molecule has 0 bridgehead atoms. The molecule has 0 atom stereocenters. The Hall–Kier alpha value is -3.16. The fourth-order valence-corrected chi connectivity index (χ4v) is 3.10. The monoisotopic (exact) mass is 402 g/mol. The Bertz CT molecular complexity index is 933. The molecule has 0 aliphatic carbocycles. The number of nitrogens with one attached hydrogen (secondary N) is 1. The van der Waals surface area contributed by atoms with Crippen molar-refractivity contribution in [2.24, 2.45) is 4.99 Å². The smallest absolute Gasteiger partial charge is 0.357 e. The van der Waals surface area contributed by atoms with Gasteiger partial charge in [-0.1, -0.05) is 0 Å². The van der Waals surface area contributed by atoms with Gasteiger partial charge < -0.3 is 19.2 Å². The van der Waals surface area contributed by atoms with Crippen molar-refractivity contribution in [3.05, 3.63) is 39.4 Å². The van der Waals surface area contributed by atoms with Crippen molar-refractivity contribution in [1.82, 2.24) is 4.98 Å². The van der Waals surface area contributed by atoms with Gasteiger partial charge in [0, 0.05) is 11.4 Å². The summed E-state index contributed by atoms with van der Waals surface area (Å²) in [7, 11) is 0.